The van der Waals surface area contributed by atoms with Crippen LogP contribution in [0.2, 0.25) is 0 Å². The Bertz CT molecular complexity index is 1130. The fraction of sp³-hybridized carbons (Fsp3) is 0.480. The van der Waals surface area contributed by atoms with Crippen molar-refractivity contribution in [3.05, 3.63) is 46.1 Å². The largest absolute Gasteiger partial charge is 0.353 e. The first kappa shape index (κ1) is 21.2. The van der Waals surface area contributed by atoms with Crippen LogP contribution in [-0.4, -0.2) is 35.0 Å². The van der Waals surface area contributed by atoms with Gasteiger partial charge in [0.05, 0.1) is 11.4 Å². The number of hydrogen-bond acceptors (Lipinski definition) is 5. The second kappa shape index (κ2) is 9.45. The van der Waals surface area contributed by atoms with Crippen LogP contribution in [0.4, 0.5) is 5.95 Å². The third kappa shape index (κ3) is 4.44. The lowest BCUT2D eigenvalue weighted by Gasteiger charge is -2.33. The lowest BCUT2D eigenvalue weighted by molar-refractivity contribution is -0.126. The zero-order valence-electron chi connectivity index (χ0n) is 18.3. The van der Waals surface area contributed by atoms with Gasteiger partial charge in [-0.05, 0) is 31.2 Å². The van der Waals surface area contributed by atoms with Crippen LogP contribution in [0, 0.1) is 5.92 Å². The quantitative estimate of drug-likeness (QED) is 0.565. The van der Waals surface area contributed by atoms with Crippen molar-refractivity contribution in [2.24, 2.45) is 5.92 Å². The normalized spacial score (nSPS) is 20.2. The van der Waals surface area contributed by atoms with Gasteiger partial charge >= 0.3 is 0 Å². The van der Waals surface area contributed by atoms with Crippen molar-refractivity contribution in [3.63, 3.8) is 0 Å². The number of piperidine rings is 1. The van der Waals surface area contributed by atoms with Gasteiger partial charge in [0.2, 0.25) is 11.9 Å². The Labute approximate surface area is 192 Å². The number of fused-ring (bicyclic) bond motifs is 1. The molecule has 2 N–H and O–H groups in total. The summed E-state index contributed by atoms with van der Waals surface area (Å²) in [7, 11) is 0. The van der Waals surface area contributed by atoms with Crippen molar-refractivity contribution in [2.45, 2.75) is 57.4 Å². The zero-order chi connectivity index (χ0) is 21.9. The molecule has 0 unspecified atom stereocenters. The van der Waals surface area contributed by atoms with E-state index in [1.54, 1.807) is 0 Å². The van der Waals surface area contributed by atoms with Crippen LogP contribution in [0.1, 0.15) is 51.4 Å². The first-order chi connectivity index (χ1) is 15.7. The van der Waals surface area contributed by atoms with Crippen molar-refractivity contribution in [1.82, 2.24) is 15.3 Å². The van der Waals surface area contributed by atoms with Gasteiger partial charge < -0.3 is 10.2 Å². The van der Waals surface area contributed by atoms with E-state index in [9.17, 15) is 9.59 Å². The summed E-state index contributed by atoms with van der Waals surface area (Å²) < 4.78 is 0.646. The van der Waals surface area contributed by atoms with Crippen molar-refractivity contribution < 1.29 is 4.79 Å². The fourth-order valence-corrected chi connectivity index (χ4v) is 5.92. The highest BCUT2D eigenvalue weighted by molar-refractivity contribution is 7.17. The van der Waals surface area contributed by atoms with Crippen molar-refractivity contribution in [2.75, 3.05) is 18.0 Å². The van der Waals surface area contributed by atoms with Crippen LogP contribution in [0.15, 0.2) is 40.5 Å². The van der Waals surface area contributed by atoms with Crippen LogP contribution >= 0.6 is 11.3 Å². The van der Waals surface area contributed by atoms with Crippen molar-refractivity contribution >= 4 is 33.4 Å². The van der Waals surface area contributed by atoms with Gasteiger partial charge in [-0.3, -0.25) is 14.6 Å². The molecule has 168 valence electrons. The van der Waals surface area contributed by atoms with E-state index in [1.165, 1.54) is 37.0 Å². The zero-order valence-corrected chi connectivity index (χ0v) is 19.1. The number of benzene rings is 1. The molecule has 1 aromatic carbocycles. The van der Waals surface area contributed by atoms with Gasteiger partial charge in [0, 0.05) is 30.1 Å². The van der Waals surface area contributed by atoms with Crippen LogP contribution in [0.3, 0.4) is 0 Å². The van der Waals surface area contributed by atoms with Crippen LogP contribution < -0.4 is 15.8 Å². The number of aromatic nitrogens is 2. The Morgan fingerprint density at radius 1 is 1.06 bits per heavy atom. The third-order valence-corrected chi connectivity index (χ3v) is 7.76. The molecule has 2 aromatic heterocycles. The summed E-state index contributed by atoms with van der Waals surface area (Å²) in [6.45, 7) is 1.39. The minimum atomic E-state index is -0.109. The first-order valence-electron chi connectivity index (χ1n) is 11.8. The monoisotopic (exact) mass is 450 g/mol. The predicted octanol–water partition coefficient (Wildman–Crippen LogP) is 4.71. The van der Waals surface area contributed by atoms with E-state index in [4.69, 9.17) is 4.98 Å². The Morgan fingerprint density at radius 3 is 2.62 bits per heavy atom. The van der Waals surface area contributed by atoms with E-state index in [0.717, 1.165) is 48.9 Å². The molecule has 1 aliphatic heterocycles. The standard InChI is InChI=1S/C25H30N4O2S/c30-23(26-19-12-6-1-2-7-13-19)18-11-8-14-29(15-18)25-27-21-20(17-9-4-3-5-10-17)16-32-22(21)24(31)28-25/h3-5,9-10,16,18-19H,1-2,6-8,11-15H2,(H,26,30)(H,27,28,31)/t18-/m1/s1. The molecule has 1 saturated heterocycles. The van der Waals surface area contributed by atoms with Gasteiger partial charge in [0.1, 0.15) is 4.70 Å². The first-order valence-corrected chi connectivity index (χ1v) is 12.7. The van der Waals surface area contributed by atoms with Crippen LogP contribution in [0.25, 0.3) is 21.3 Å². The lowest BCUT2D eigenvalue weighted by atomic mass is 9.96. The van der Waals surface area contributed by atoms with Crippen molar-refractivity contribution in [3.8, 4) is 11.1 Å². The average Bonchev–Trinajstić information content (AvgIpc) is 3.10. The predicted molar refractivity (Wildman–Crippen MR) is 130 cm³/mol. The topological polar surface area (TPSA) is 78.1 Å². The molecular weight excluding hydrogens is 420 g/mol. The Kier molecular flexibility index (Phi) is 6.26. The highest BCUT2D eigenvalue weighted by atomic mass is 32.1. The Morgan fingerprint density at radius 2 is 1.84 bits per heavy atom. The molecule has 1 saturated carbocycles. The highest BCUT2D eigenvalue weighted by Crippen LogP contribution is 2.32. The number of nitrogens with zero attached hydrogens (tertiary/aromatic N) is 2. The second-order valence-electron chi connectivity index (χ2n) is 9.06. The molecule has 0 bridgehead atoms. The number of carbonyl (C=O) groups excluding carboxylic acids is 1. The summed E-state index contributed by atoms with van der Waals surface area (Å²) in [6, 6.07) is 10.4. The number of hydrogen-bond donors (Lipinski definition) is 2. The van der Waals surface area contributed by atoms with Gasteiger partial charge in [-0.1, -0.05) is 56.0 Å². The highest BCUT2D eigenvalue weighted by Gasteiger charge is 2.29. The van der Waals surface area contributed by atoms with Crippen molar-refractivity contribution in [1.29, 1.82) is 0 Å². The van der Waals surface area contributed by atoms with E-state index in [2.05, 4.69) is 15.2 Å². The fourth-order valence-electron chi connectivity index (χ4n) is 5.01. The number of anilines is 1. The van der Waals surface area contributed by atoms with Crippen LogP contribution in [0.5, 0.6) is 0 Å². The molecule has 0 spiro atoms. The SMILES string of the molecule is O=C(NC1CCCCCC1)[C@@H]1CCCN(c2nc3c(-c4ccccc4)csc3c(=O)[nH]2)C1. The summed E-state index contributed by atoms with van der Waals surface area (Å²) in [6.07, 6.45) is 8.95. The summed E-state index contributed by atoms with van der Waals surface area (Å²) in [5.41, 5.74) is 2.67. The maximum Gasteiger partial charge on any atom is 0.270 e. The maximum atomic E-state index is 13.0. The number of thiophene rings is 1. The molecule has 0 radical (unpaired) electrons. The molecule has 3 heterocycles. The molecule has 1 amide bonds. The van der Waals surface area contributed by atoms with E-state index in [1.807, 2.05) is 35.7 Å². The summed E-state index contributed by atoms with van der Waals surface area (Å²) >= 11 is 1.43. The number of amides is 1. The van der Waals surface area contributed by atoms with Gasteiger partial charge in [0.15, 0.2) is 0 Å². The molecule has 1 atom stereocenters. The number of aromatic amines is 1. The van der Waals surface area contributed by atoms with E-state index < -0.39 is 0 Å². The molecular formula is C25H30N4O2S. The molecule has 6 nitrogen and oxygen atoms in total. The average molecular weight is 451 g/mol. The smallest absolute Gasteiger partial charge is 0.270 e. The van der Waals surface area contributed by atoms with Gasteiger partial charge in [0.25, 0.3) is 5.56 Å². The summed E-state index contributed by atoms with van der Waals surface area (Å²) in [5, 5.41) is 5.32. The molecule has 32 heavy (non-hydrogen) atoms. The summed E-state index contributed by atoms with van der Waals surface area (Å²) in [4.78, 5) is 35.7. The van der Waals surface area contributed by atoms with Gasteiger partial charge in [-0.15, -0.1) is 11.3 Å². The minimum Gasteiger partial charge on any atom is -0.353 e. The minimum absolute atomic E-state index is 0.0657. The van der Waals surface area contributed by atoms with E-state index in [0.29, 0.717) is 23.2 Å². The third-order valence-electron chi connectivity index (χ3n) is 6.79. The molecule has 1 aliphatic carbocycles. The van der Waals surface area contributed by atoms with Crippen LogP contribution in [-0.2, 0) is 4.79 Å². The Hall–Kier alpha value is -2.67. The number of nitrogens with one attached hydrogen (secondary N) is 2. The molecule has 2 aliphatic rings. The second-order valence-corrected chi connectivity index (χ2v) is 9.94. The van der Waals surface area contributed by atoms with Gasteiger partial charge in [-0.25, -0.2) is 4.98 Å². The van der Waals surface area contributed by atoms with Gasteiger partial charge in [-0.2, -0.15) is 0 Å². The molecule has 7 heteroatoms. The van der Waals surface area contributed by atoms with E-state index >= 15 is 0 Å². The molecule has 2 fully saturated rings. The lowest BCUT2D eigenvalue weighted by Crippen LogP contribution is -2.46. The maximum absolute atomic E-state index is 13.0. The number of carbonyl (C=O) groups is 1. The number of rotatable bonds is 4. The van der Waals surface area contributed by atoms with E-state index in [-0.39, 0.29) is 17.4 Å². The summed E-state index contributed by atoms with van der Waals surface area (Å²) in [5.74, 6) is 0.666. The Balaban J connectivity index is 1.36. The molecule has 3 aromatic rings. The molecule has 5 rings (SSSR count). The number of H-pyrrole nitrogens is 1.